The van der Waals surface area contributed by atoms with Crippen LogP contribution in [0.5, 0.6) is 0 Å². The highest BCUT2D eigenvalue weighted by Crippen LogP contribution is 2.30. The highest BCUT2D eigenvalue weighted by atomic mass is 32.1. The zero-order valence-corrected chi connectivity index (χ0v) is 17.7. The van der Waals surface area contributed by atoms with Crippen molar-refractivity contribution >= 4 is 21.6 Å². The van der Waals surface area contributed by atoms with Gasteiger partial charge in [0.2, 0.25) is 0 Å². The Kier molecular flexibility index (Phi) is 5.25. The van der Waals surface area contributed by atoms with Gasteiger partial charge in [0.05, 0.1) is 18.2 Å². The van der Waals surface area contributed by atoms with Gasteiger partial charge in [0, 0.05) is 43.7 Å². The van der Waals surface area contributed by atoms with E-state index < -0.39 is 0 Å². The first-order chi connectivity index (χ1) is 14.7. The maximum absolute atomic E-state index is 12.7. The van der Waals surface area contributed by atoms with Crippen LogP contribution < -0.4 is 5.56 Å². The fourth-order valence-corrected chi connectivity index (χ4v) is 4.97. The van der Waals surface area contributed by atoms with Crippen LogP contribution in [0.25, 0.3) is 21.5 Å². The summed E-state index contributed by atoms with van der Waals surface area (Å²) in [7, 11) is 0. The van der Waals surface area contributed by atoms with Crippen LogP contribution in [-0.4, -0.2) is 45.9 Å². The van der Waals surface area contributed by atoms with Crippen LogP contribution in [0.4, 0.5) is 0 Å². The smallest absolute Gasteiger partial charge is 0.260 e. The lowest BCUT2D eigenvalue weighted by atomic mass is 10.1. The summed E-state index contributed by atoms with van der Waals surface area (Å²) in [5.74, 6) is 1.43. The van der Waals surface area contributed by atoms with Gasteiger partial charge >= 0.3 is 0 Å². The standard InChI is InChI=1S/C23H24N4O2S/c1-16-5-2-3-6-17(16)13-26-8-10-27(11-9-26)14-20-24-22(28)21-18(15-30-23(21)25-20)19-7-4-12-29-19/h2-7,12,15H,8-11,13-14H2,1H3,(H,24,25,28). The number of H-pyrrole nitrogens is 1. The van der Waals surface area contributed by atoms with Gasteiger partial charge in [-0.05, 0) is 30.2 Å². The predicted molar refractivity (Wildman–Crippen MR) is 120 cm³/mol. The number of benzene rings is 1. The number of piperazine rings is 1. The second kappa shape index (κ2) is 8.18. The minimum atomic E-state index is -0.0964. The van der Waals surface area contributed by atoms with Gasteiger partial charge in [-0.3, -0.25) is 14.6 Å². The molecule has 1 aromatic carbocycles. The summed E-state index contributed by atoms with van der Waals surface area (Å²) in [6.07, 6.45) is 1.62. The van der Waals surface area contributed by atoms with Gasteiger partial charge < -0.3 is 9.40 Å². The average molecular weight is 421 g/mol. The van der Waals surface area contributed by atoms with E-state index in [2.05, 4.69) is 46.0 Å². The molecule has 5 rings (SSSR count). The summed E-state index contributed by atoms with van der Waals surface area (Å²) >= 11 is 1.49. The molecular weight excluding hydrogens is 396 g/mol. The molecule has 154 valence electrons. The van der Waals surface area contributed by atoms with Crippen molar-refractivity contribution in [1.82, 2.24) is 19.8 Å². The zero-order chi connectivity index (χ0) is 20.5. The largest absolute Gasteiger partial charge is 0.464 e. The van der Waals surface area contributed by atoms with E-state index in [4.69, 9.17) is 9.40 Å². The molecule has 0 aliphatic carbocycles. The number of hydrogen-bond acceptors (Lipinski definition) is 6. The molecule has 1 aliphatic heterocycles. The second-order valence-electron chi connectivity index (χ2n) is 7.80. The van der Waals surface area contributed by atoms with Crippen LogP contribution in [0.15, 0.2) is 57.3 Å². The summed E-state index contributed by atoms with van der Waals surface area (Å²) in [6, 6.07) is 12.3. The number of rotatable bonds is 5. The third-order valence-corrected chi connectivity index (χ3v) is 6.65. The Morgan fingerprint density at radius 3 is 2.57 bits per heavy atom. The van der Waals surface area contributed by atoms with Crippen molar-refractivity contribution in [3.8, 4) is 11.3 Å². The number of thiophene rings is 1. The van der Waals surface area contributed by atoms with Crippen LogP contribution >= 0.6 is 11.3 Å². The Morgan fingerprint density at radius 1 is 1.07 bits per heavy atom. The molecule has 4 aromatic rings. The summed E-state index contributed by atoms with van der Waals surface area (Å²) in [6.45, 7) is 7.80. The van der Waals surface area contributed by atoms with Crippen LogP contribution in [0.2, 0.25) is 0 Å². The molecule has 30 heavy (non-hydrogen) atoms. The lowest BCUT2D eigenvalue weighted by Crippen LogP contribution is -2.45. The number of furan rings is 1. The maximum Gasteiger partial charge on any atom is 0.260 e. The third kappa shape index (κ3) is 3.84. The summed E-state index contributed by atoms with van der Waals surface area (Å²) in [5.41, 5.74) is 3.46. The first kappa shape index (κ1) is 19.2. The fourth-order valence-electron chi connectivity index (χ4n) is 4.03. The average Bonchev–Trinajstić information content (AvgIpc) is 3.41. The van der Waals surface area contributed by atoms with Gasteiger partial charge in [-0.15, -0.1) is 11.3 Å². The van der Waals surface area contributed by atoms with Crippen LogP contribution in [0.1, 0.15) is 17.0 Å². The molecule has 1 fully saturated rings. The maximum atomic E-state index is 12.7. The number of aryl methyl sites for hydroxylation is 1. The molecule has 0 unspecified atom stereocenters. The molecule has 0 saturated carbocycles. The Balaban J connectivity index is 1.26. The van der Waals surface area contributed by atoms with Crippen molar-refractivity contribution < 1.29 is 4.42 Å². The fraction of sp³-hybridized carbons (Fsp3) is 0.304. The highest BCUT2D eigenvalue weighted by Gasteiger charge is 2.20. The van der Waals surface area contributed by atoms with Gasteiger partial charge in [0.25, 0.3) is 5.56 Å². The molecule has 1 aliphatic rings. The van der Waals surface area contributed by atoms with Gasteiger partial charge in [0.15, 0.2) is 0 Å². The monoisotopic (exact) mass is 420 g/mol. The van der Waals surface area contributed by atoms with E-state index in [0.717, 1.165) is 48.9 Å². The van der Waals surface area contributed by atoms with Crippen LogP contribution in [0.3, 0.4) is 0 Å². The Morgan fingerprint density at radius 2 is 1.83 bits per heavy atom. The molecule has 7 heteroatoms. The van der Waals surface area contributed by atoms with E-state index in [0.29, 0.717) is 17.7 Å². The highest BCUT2D eigenvalue weighted by molar-refractivity contribution is 7.17. The molecule has 3 aromatic heterocycles. The molecule has 4 heterocycles. The lowest BCUT2D eigenvalue weighted by Gasteiger charge is -2.34. The van der Waals surface area contributed by atoms with Crippen molar-refractivity contribution in [2.24, 2.45) is 0 Å². The molecule has 0 spiro atoms. The first-order valence-electron chi connectivity index (χ1n) is 10.2. The Bertz CT molecular complexity index is 1200. The van der Waals surface area contributed by atoms with Crippen molar-refractivity contribution in [3.63, 3.8) is 0 Å². The van der Waals surface area contributed by atoms with Crippen molar-refractivity contribution in [2.45, 2.75) is 20.0 Å². The molecule has 6 nitrogen and oxygen atoms in total. The lowest BCUT2D eigenvalue weighted by molar-refractivity contribution is 0.120. The number of nitrogens with one attached hydrogen (secondary N) is 1. The minimum Gasteiger partial charge on any atom is -0.464 e. The topological polar surface area (TPSA) is 65.4 Å². The zero-order valence-electron chi connectivity index (χ0n) is 16.9. The minimum absolute atomic E-state index is 0.0964. The van der Waals surface area contributed by atoms with Crippen LogP contribution in [-0.2, 0) is 13.1 Å². The van der Waals surface area contributed by atoms with Crippen molar-refractivity contribution in [2.75, 3.05) is 26.2 Å². The molecule has 0 radical (unpaired) electrons. The van der Waals surface area contributed by atoms with E-state index in [1.165, 1.54) is 22.5 Å². The van der Waals surface area contributed by atoms with Gasteiger partial charge in [0.1, 0.15) is 16.4 Å². The van der Waals surface area contributed by atoms with Crippen molar-refractivity contribution in [1.29, 1.82) is 0 Å². The van der Waals surface area contributed by atoms with E-state index in [9.17, 15) is 4.79 Å². The number of nitrogens with zero attached hydrogens (tertiary/aromatic N) is 3. The summed E-state index contributed by atoms with van der Waals surface area (Å²) in [4.78, 5) is 26.1. The third-order valence-electron chi connectivity index (χ3n) is 5.77. The van der Waals surface area contributed by atoms with Gasteiger partial charge in [-0.2, -0.15) is 0 Å². The molecule has 0 atom stereocenters. The van der Waals surface area contributed by atoms with Gasteiger partial charge in [-0.25, -0.2) is 4.98 Å². The molecule has 1 N–H and O–H groups in total. The SMILES string of the molecule is Cc1ccccc1CN1CCN(Cc2nc3scc(-c4ccco4)c3c(=O)[nH]2)CC1. The predicted octanol–water partition coefficient (Wildman–Crippen LogP) is 3.87. The quantitative estimate of drug-likeness (QED) is 0.531. The molecular formula is C23H24N4O2S. The van der Waals surface area contributed by atoms with E-state index in [-0.39, 0.29) is 5.56 Å². The number of aromatic amines is 1. The second-order valence-corrected chi connectivity index (χ2v) is 8.66. The molecule has 0 amide bonds. The molecule has 0 bridgehead atoms. The Hall–Kier alpha value is -2.74. The van der Waals surface area contributed by atoms with E-state index in [1.54, 1.807) is 6.26 Å². The molecule has 1 saturated heterocycles. The van der Waals surface area contributed by atoms with E-state index in [1.807, 2.05) is 17.5 Å². The Labute approximate surface area is 178 Å². The van der Waals surface area contributed by atoms with E-state index >= 15 is 0 Å². The normalized spacial score (nSPS) is 15.8. The first-order valence-corrected chi connectivity index (χ1v) is 11.1. The van der Waals surface area contributed by atoms with Crippen LogP contribution in [0, 0.1) is 6.92 Å². The summed E-state index contributed by atoms with van der Waals surface area (Å²) < 4.78 is 5.47. The number of fused-ring (bicyclic) bond motifs is 1. The van der Waals surface area contributed by atoms with Crippen molar-refractivity contribution in [3.05, 3.63) is 75.3 Å². The summed E-state index contributed by atoms with van der Waals surface area (Å²) in [5, 5.41) is 2.56. The number of hydrogen-bond donors (Lipinski definition) is 1. The van der Waals surface area contributed by atoms with Gasteiger partial charge in [-0.1, -0.05) is 24.3 Å². The number of aromatic nitrogens is 2.